The zero-order valence-corrected chi connectivity index (χ0v) is 9.55. The molecule has 0 aromatic rings. The molecular weight excluding hydrogens is 158 g/mol. The lowest BCUT2D eigenvalue weighted by Crippen LogP contribution is -2.31. The van der Waals surface area contributed by atoms with Crippen molar-refractivity contribution in [2.45, 2.75) is 46.0 Å². The third-order valence-corrected chi connectivity index (χ3v) is 3.68. The van der Waals surface area contributed by atoms with Crippen molar-refractivity contribution in [1.82, 2.24) is 4.90 Å². The minimum absolute atomic E-state index is 0.990. The SMILES string of the molecule is CCC1CCCCC1CN(C)CC. The first-order valence-electron chi connectivity index (χ1n) is 5.96. The van der Waals surface area contributed by atoms with Gasteiger partial charge in [0.25, 0.3) is 0 Å². The van der Waals surface area contributed by atoms with Gasteiger partial charge in [0, 0.05) is 6.54 Å². The predicted octanol–water partition coefficient (Wildman–Crippen LogP) is 3.15. The highest BCUT2D eigenvalue weighted by atomic mass is 15.1. The summed E-state index contributed by atoms with van der Waals surface area (Å²) in [4.78, 5) is 2.47. The topological polar surface area (TPSA) is 3.24 Å². The van der Waals surface area contributed by atoms with Crippen LogP contribution >= 0.6 is 0 Å². The van der Waals surface area contributed by atoms with Gasteiger partial charge in [-0.1, -0.05) is 39.5 Å². The van der Waals surface area contributed by atoms with Crippen LogP contribution in [0.15, 0.2) is 0 Å². The van der Waals surface area contributed by atoms with Gasteiger partial charge in [0.1, 0.15) is 0 Å². The van der Waals surface area contributed by atoms with E-state index in [2.05, 4.69) is 25.8 Å². The molecular formula is C12H25N. The van der Waals surface area contributed by atoms with Crippen LogP contribution in [0.25, 0.3) is 0 Å². The van der Waals surface area contributed by atoms with Crippen molar-refractivity contribution in [3.63, 3.8) is 0 Å². The Bertz CT molecular complexity index is 133. The summed E-state index contributed by atoms with van der Waals surface area (Å²) < 4.78 is 0. The van der Waals surface area contributed by atoms with Gasteiger partial charge in [0.05, 0.1) is 0 Å². The molecule has 1 saturated carbocycles. The monoisotopic (exact) mass is 183 g/mol. The molecule has 0 saturated heterocycles. The summed E-state index contributed by atoms with van der Waals surface area (Å²) in [6, 6.07) is 0. The van der Waals surface area contributed by atoms with Gasteiger partial charge in [0.2, 0.25) is 0 Å². The first kappa shape index (κ1) is 11.0. The van der Waals surface area contributed by atoms with E-state index in [4.69, 9.17) is 0 Å². The Kier molecular flexibility index (Phi) is 4.79. The van der Waals surface area contributed by atoms with E-state index in [1.807, 2.05) is 0 Å². The van der Waals surface area contributed by atoms with Crippen LogP contribution in [-0.4, -0.2) is 25.0 Å². The molecule has 0 heterocycles. The van der Waals surface area contributed by atoms with Crippen LogP contribution in [0.2, 0.25) is 0 Å². The third-order valence-electron chi connectivity index (χ3n) is 3.68. The summed E-state index contributed by atoms with van der Waals surface area (Å²) in [5, 5.41) is 0. The van der Waals surface area contributed by atoms with Crippen molar-refractivity contribution in [2.75, 3.05) is 20.1 Å². The van der Waals surface area contributed by atoms with Gasteiger partial charge in [-0.05, 0) is 31.8 Å². The molecule has 1 aliphatic carbocycles. The fourth-order valence-corrected chi connectivity index (χ4v) is 2.59. The van der Waals surface area contributed by atoms with Crippen molar-refractivity contribution >= 4 is 0 Å². The third kappa shape index (κ3) is 3.30. The Morgan fingerprint density at radius 3 is 2.23 bits per heavy atom. The second-order valence-electron chi connectivity index (χ2n) is 4.57. The van der Waals surface area contributed by atoms with Crippen LogP contribution in [0, 0.1) is 11.8 Å². The maximum absolute atomic E-state index is 2.47. The highest BCUT2D eigenvalue weighted by Crippen LogP contribution is 2.32. The highest BCUT2D eigenvalue weighted by Gasteiger charge is 2.23. The van der Waals surface area contributed by atoms with Crippen LogP contribution in [0.3, 0.4) is 0 Å². The lowest BCUT2D eigenvalue weighted by molar-refractivity contribution is 0.170. The molecule has 1 aliphatic rings. The average molecular weight is 183 g/mol. The molecule has 2 atom stereocenters. The molecule has 1 fully saturated rings. The number of nitrogens with zero attached hydrogens (tertiary/aromatic N) is 1. The van der Waals surface area contributed by atoms with Crippen molar-refractivity contribution in [2.24, 2.45) is 11.8 Å². The molecule has 78 valence electrons. The van der Waals surface area contributed by atoms with Crippen molar-refractivity contribution in [1.29, 1.82) is 0 Å². The van der Waals surface area contributed by atoms with Gasteiger partial charge in [-0.2, -0.15) is 0 Å². The molecule has 0 amide bonds. The fraction of sp³-hybridized carbons (Fsp3) is 1.00. The molecule has 2 unspecified atom stereocenters. The summed E-state index contributed by atoms with van der Waals surface area (Å²) in [6.45, 7) is 7.14. The summed E-state index contributed by atoms with van der Waals surface area (Å²) in [6.07, 6.45) is 7.30. The van der Waals surface area contributed by atoms with Crippen LogP contribution in [0.4, 0.5) is 0 Å². The number of rotatable bonds is 4. The molecule has 1 rings (SSSR count). The maximum atomic E-state index is 2.47. The Hall–Kier alpha value is -0.0400. The minimum Gasteiger partial charge on any atom is -0.306 e. The van der Waals surface area contributed by atoms with E-state index >= 15 is 0 Å². The first-order chi connectivity index (χ1) is 6.27. The van der Waals surface area contributed by atoms with Crippen molar-refractivity contribution in [3.8, 4) is 0 Å². The van der Waals surface area contributed by atoms with Gasteiger partial charge in [-0.25, -0.2) is 0 Å². The number of hydrogen-bond donors (Lipinski definition) is 0. The zero-order chi connectivity index (χ0) is 9.68. The molecule has 13 heavy (non-hydrogen) atoms. The maximum Gasteiger partial charge on any atom is 0.000914 e. The molecule has 0 N–H and O–H groups in total. The van der Waals surface area contributed by atoms with Gasteiger partial charge in [-0.15, -0.1) is 0 Å². The Morgan fingerprint density at radius 2 is 1.69 bits per heavy atom. The summed E-state index contributed by atoms with van der Waals surface area (Å²) in [5.74, 6) is 2.01. The highest BCUT2D eigenvalue weighted by molar-refractivity contribution is 4.76. The zero-order valence-electron chi connectivity index (χ0n) is 9.55. The van der Waals surface area contributed by atoms with Crippen LogP contribution in [0.1, 0.15) is 46.0 Å². The van der Waals surface area contributed by atoms with Gasteiger partial charge < -0.3 is 4.90 Å². The molecule has 0 aromatic carbocycles. The summed E-state index contributed by atoms with van der Waals surface area (Å²) >= 11 is 0. The van der Waals surface area contributed by atoms with Crippen LogP contribution < -0.4 is 0 Å². The Balaban J connectivity index is 2.35. The van der Waals surface area contributed by atoms with E-state index in [-0.39, 0.29) is 0 Å². The second-order valence-corrected chi connectivity index (χ2v) is 4.57. The summed E-state index contributed by atoms with van der Waals surface area (Å²) in [7, 11) is 2.25. The number of hydrogen-bond acceptors (Lipinski definition) is 1. The molecule has 0 spiro atoms. The van der Waals surface area contributed by atoms with Crippen LogP contribution in [-0.2, 0) is 0 Å². The quantitative estimate of drug-likeness (QED) is 0.647. The molecule has 0 aliphatic heterocycles. The van der Waals surface area contributed by atoms with Crippen LogP contribution in [0.5, 0.6) is 0 Å². The Labute approximate surface area is 83.5 Å². The molecule has 1 heteroatoms. The standard InChI is InChI=1S/C12H25N/c1-4-11-8-6-7-9-12(11)10-13(3)5-2/h11-12H,4-10H2,1-3H3. The van der Waals surface area contributed by atoms with E-state index in [0.717, 1.165) is 11.8 Å². The fourth-order valence-electron chi connectivity index (χ4n) is 2.59. The predicted molar refractivity (Wildman–Crippen MR) is 58.9 cm³/mol. The average Bonchev–Trinajstić information content (AvgIpc) is 2.18. The summed E-state index contributed by atoms with van der Waals surface area (Å²) in [5.41, 5.74) is 0. The van der Waals surface area contributed by atoms with Gasteiger partial charge in [-0.3, -0.25) is 0 Å². The molecule has 0 aromatic heterocycles. The molecule has 0 bridgehead atoms. The van der Waals surface area contributed by atoms with Gasteiger partial charge >= 0.3 is 0 Å². The van der Waals surface area contributed by atoms with Gasteiger partial charge in [0.15, 0.2) is 0 Å². The second kappa shape index (κ2) is 5.64. The van der Waals surface area contributed by atoms with E-state index in [1.54, 1.807) is 0 Å². The first-order valence-corrected chi connectivity index (χ1v) is 5.96. The van der Waals surface area contributed by atoms with E-state index in [9.17, 15) is 0 Å². The smallest absolute Gasteiger partial charge is 0.000914 e. The van der Waals surface area contributed by atoms with E-state index in [1.165, 1.54) is 45.2 Å². The lowest BCUT2D eigenvalue weighted by atomic mass is 9.77. The molecule has 0 radical (unpaired) electrons. The van der Waals surface area contributed by atoms with Crippen molar-refractivity contribution < 1.29 is 0 Å². The Morgan fingerprint density at radius 1 is 1.08 bits per heavy atom. The normalized spacial score (nSPS) is 29.5. The van der Waals surface area contributed by atoms with E-state index in [0.29, 0.717) is 0 Å². The largest absolute Gasteiger partial charge is 0.306 e. The minimum atomic E-state index is 0.990. The van der Waals surface area contributed by atoms with Crippen molar-refractivity contribution in [3.05, 3.63) is 0 Å². The molecule has 1 nitrogen and oxygen atoms in total. The van der Waals surface area contributed by atoms with E-state index < -0.39 is 0 Å². The lowest BCUT2D eigenvalue weighted by Gasteiger charge is -2.33.